The highest BCUT2D eigenvalue weighted by atomic mass is 127. The van der Waals surface area contributed by atoms with Gasteiger partial charge in [0.15, 0.2) is 0 Å². The van der Waals surface area contributed by atoms with Gasteiger partial charge in [0, 0.05) is 33.6 Å². The van der Waals surface area contributed by atoms with E-state index in [4.69, 9.17) is 0 Å². The van der Waals surface area contributed by atoms with Crippen LogP contribution in [0.15, 0.2) is 29.1 Å². The number of nitrogens with one attached hydrogen (secondary N) is 2. The average molecular weight is 385 g/mol. The second-order valence-corrected chi connectivity index (χ2v) is 5.84. The van der Waals surface area contributed by atoms with Crippen molar-refractivity contribution in [1.82, 2.24) is 9.55 Å². The quantitative estimate of drug-likeness (QED) is 0.794. The summed E-state index contributed by atoms with van der Waals surface area (Å²) in [5.41, 5.74) is 2.32. The van der Waals surface area contributed by atoms with Crippen LogP contribution in [-0.4, -0.2) is 15.5 Å². The Balaban J connectivity index is 1.95. The molecule has 106 valence electrons. The summed E-state index contributed by atoms with van der Waals surface area (Å²) in [4.78, 5) is 26.2. The Labute approximate surface area is 130 Å². The number of H-pyrrole nitrogens is 1. The van der Waals surface area contributed by atoms with Crippen molar-refractivity contribution in [3.8, 4) is 0 Å². The highest BCUT2D eigenvalue weighted by molar-refractivity contribution is 14.1. The number of hydrogen-bond donors (Lipinski definition) is 2. The van der Waals surface area contributed by atoms with Crippen molar-refractivity contribution in [3.05, 3.63) is 49.7 Å². The summed E-state index contributed by atoms with van der Waals surface area (Å²) in [6.45, 7) is 4.09. The van der Waals surface area contributed by atoms with Crippen molar-refractivity contribution in [3.63, 3.8) is 0 Å². The number of hydrogen-bond acceptors (Lipinski definition) is 2. The molecule has 2 rings (SSSR count). The molecule has 0 aliphatic heterocycles. The van der Waals surface area contributed by atoms with Gasteiger partial charge in [-0.05, 0) is 60.7 Å². The maximum Gasteiger partial charge on any atom is 0.325 e. The minimum Gasteiger partial charge on any atom is -0.326 e. The second-order valence-electron chi connectivity index (χ2n) is 4.60. The van der Waals surface area contributed by atoms with Crippen LogP contribution in [0.4, 0.5) is 5.69 Å². The van der Waals surface area contributed by atoms with Crippen molar-refractivity contribution >= 4 is 34.2 Å². The molecule has 1 aromatic carbocycles. The van der Waals surface area contributed by atoms with Gasteiger partial charge in [-0.2, -0.15) is 0 Å². The standard InChI is InChI=1S/C14H16IN3O2/c1-9-10(2)18(14(20)16-9)8-7-13(19)17-12-5-3-11(15)4-6-12/h3-6H,7-8H2,1-2H3,(H,16,20)(H,17,19). The third-order valence-electron chi connectivity index (χ3n) is 3.18. The first-order chi connectivity index (χ1) is 9.47. The van der Waals surface area contributed by atoms with Crippen LogP contribution in [-0.2, 0) is 11.3 Å². The molecule has 5 nitrogen and oxygen atoms in total. The van der Waals surface area contributed by atoms with E-state index in [-0.39, 0.29) is 18.0 Å². The zero-order valence-electron chi connectivity index (χ0n) is 11.4. The highest BCUT2D eigenvalue weighted by Gasteiger charge is 2.09. The molecule has 2 N–H and O–H groups in total. The molecule has 0 fully saturated rings. The molecule has 6 heteroatoms. The van der Waals surface area contributed by atoms with Crippen LogP contribution in [0.2, 0.25) is 0 Å². The molecule has 0 saturated carbocycles. The van der Waals surface area contributed by atoms with Crippen LogP contribution >= 0.6 is 22.6 Å². The zero-order valence-corrected chi connectivity index (χ0v) is 13.5. The van der Waals surface area contributed by atoms with Gasteiger partial charge in [-0.1, -0.05) is 0 Å². The predicted molar refractivity (Wildman–Crippen MR) is 86.9 cm³/mol. The van der Waals surface area contributed by atoms with E-state index in [0.29, 0.717) is 6.54 Å². The van der Waals surface area contributed by atoms with E-state index in [1.54, 1.807) is 4.57 Å². The number of aromatic amines is 1. The number of amides is 1. The molecule has 0 aliphatic rings. The molecular weight excluding hydrogens is 369 g/mol. The summed E-state index contributed by atoms with van der Waals surface area (Å²) < 4.78 is 2.70. The lowest BCUT2D eigenvalue weighted by molar-refractivity contribution is -0.116. The van der Waals surface area contributed by atoms with E-state index in [9.17, 15) is 9.59 Å². The van der Waals surface area contributed by atoms with Crippen molar-refractivity contribution in [1.29, 1.82) is 0 Å². The minimum atomic E-state index is -0.165. The highest BCUT2D eigenvalue weighted by Crippen LogP contribution is 2.11. The molecule has 1 aromatic heterocycles. The number of anilines is 1. The number of carbonyl (C=O) groups excluding carboxylic acids is 1. The van der Waals surface area contributed by atoms with Gasteiger partial charge in [-0.3, -0.25) is 9.36 Å². The SMILES string of the molecule is Cc1[nH]c(=O)n(CCC(=O)Nc2ccc(I)cc2)c1C. The van der Waals surface area contributed by atoms with Gasteiger partial charge in [0.05, 0.1) is 0 Å². The van der Waals surface area contributed by atoms with Gasteiger partial charge >= 0.3 is 5.69 Å². The van der Waals surface area contributed by atoms with Crippen LogP contribution in [0.1, 0.15) is 17.8 Å². The largest absolute Gasteiger partial charge is 0.326 e. The van der Waals surface area contributed by atoms with Crippen molar-refractivity contribution in [2.24, 2.45) is 0 Å². The summed E-state index contributed by atoms with van der Waals surface area (Å²) in [7, 11) is 0. The Morgan fingerprint density at radius 3 is 2.50 bits per heavy atom. The molecule has 0 saturated heterocycles. The lowest BCUT2D eigenvalue weighted by atomic mass is 10.3. The van der Waals surface area contributed by atoms with Gasteiger partial charge in [0.2, 0.25) is 5.91 Å². The average Bonchev–Trinajstić information content (AvgIpc) is 2.64. The number of imidazole rings is 1. The van der Waals surface area contributed by atoms with E-state index in [2.05, 4.69) is 32.9 Å². The molecule has 0 spiro atoms. The van der Waals surface area contributed by atoms with E-state index in [1.165, 1.54) is 0 Å². The maximum absolute atomic E-state index is 11.9. The van der Waals surface area contributed by atoms with Crippen LogP contribution in [0, 0.1) is 17.4 Å². The lowest BCUT2D eigenvalue weighted by Crippen LogP contribution is -2.22. The Bertz CT molecular complexity index is 671. The van der Waals surface area contributed by atoms with E-state index in [1.807, 2.05) is 38.1 Å². The normalized spacial score (nSPS) is 10.6. The molecule has 1 amide bonds. The Kier molecular flexibility index (Phi) is 4.64. The van der Waals surface area contributed by atoms with Crippen molar-refractivity contribution in [2.75, 3.05) is 5.32 Å². The summed E-state index contributed by atoms with van der Waals surface area (Å²) in [6.07, 6.45) is 0.268. The van der Waals surface area contributed by atoms with Crippen molar-refractivity contribution in [2.45, 2.75) is 26.8 Å². The van der Waals surface area contributed by atoms with E-state index >= 15 is 0 Å². The number of benzene rings is 1. The molecule has 0 aliphatic carbocycles. The summed E-state index contributed by atoms with van der Waals surface area (Å²) in [6, 6.07) is 7.58. The van der Waals surface area contributed by atoms with Gasteiger partial charge in [0.25, 0.3) is 0 Å². The fourth-order valence-electron chi connectivity index (χ4n) is 1.91. The topological polar surface area (TPSA) is 66.9 Å². The summed E-state index contributed by atoms with van der Waals surface area (Å²) >= 11 is 2.21. The van der Waals surface area contributed by atoms with Gasteiger partial charge < -0.3 is 10.3 Å². The maximum atomic E-state index is 11.9. The summed E-state index contributed by atoms with van der Waals surface area (Å²) in [5.74, 6) is -0.101. The molecule has 0 unspecified atom stereocenters. The van der Waals surface area contributed by atoms with Gasteiger partial charge in [-0.25, -0.2) is 4.79 Å². The fourth-order valence-corrected chi connectivity index (χ4v) is 2.27. The van der Waals surface area contributed by atoms with Crippen molar-refractivity contribution < 1.29 is 4.79 Å². The number of nitrogens with zero attached hydrogens (tertiary/aromatic N) is 1. The molecule has 0 radical (unpaired) electrons. The number of carbonyl (C=O) groups is 1. The van der Waals surface area contributed by atoms with Gasteiger partial charge in [0.1, 0.15) is 0 Å². The molecular formula is C14H16IN3O2. The number of aryl methyl sites for hydroxylation is 1. The molecule has 1 heterocycles. The van der Waals surface area contributed by atoms with E-state index < -0.39 is 0 Å². The minimum absolute atomic E-state index is 0.101. The number of rotatable bonds is 4. The third-order valence-corrected chi connectivity index (χ3v) is 3.90. The molecule has 0 atom stereocenters. The smallest absolute Gasteiger partial charge is 0.325 e. The fraction of sp³-hybridized carbons (Fsp3) is 0.286. The first-order valence-electron chi connectivity index (χ1n) is 6.29. The second kappa shape index (κ2) is 6.25. The summed E-state index contributed by atoms with van der Waals surface area (Å²) in [5, 5.41) is 2.82. The molecule has 2 aromatic rings. The molecule has 20 heavy (non-hydrogen) atoms. The Morgan fingerprint density at radius 2 is 1.95 bits per heavy atom. The van der Waals surface area contributed by atoms with Crippen LogP contribution < -0.4 is 11.0 Å². The van der Waals surface area contributed by atoms with E-state index in [0.717, 1.165) is 20.6 Å². The lowest BCUT2D eigenvalue weighted by Gasteiger charge is -2.07. The van der Waals surface area contributed by atoms with Gasteiger partial charge in [-0.15, -0.1) is 0 Å². The van der Waals surface area contributed by atoms with Crippen LogP contribution in [0.3, 0.4) is 0 Å². The first kappa shape index (κ1) is 14.8. The number of halogens is 1. The number of aromatic nitrogens is 2. The zero-order chi connectivity index (χ0) is 14.7. The third kappa shape index (κ3) is 3.50. The molecule has 0 bridgehead atoms. The monoisotopic (exact) mass is 385 g/mol. The van der Waals surface area contributed by atoms with Crippen LogP contribution in [0.5, 0.6) is 0 Å². The Morgan fingerprint density at radius 1 is 1.30 bits per heavy atom. The first-order valence-corrected chi connectivity index (χ1v) is 7.36. The van der Waals surface area contributed by atoms with Crippen LogP contribution in [0.25, 0.3) is 0 Å². The predicted octanol–water partition coefficient (Wildman–Crippen LogP) is 2.43. The Hall–Kier alpha value is -1.57.